The maximum Gasteiger partial charge on any atom is 0.317 e. The van der Waals surface area contributed by atoms with Crippen molar-refractivity contribution in [2.45, 2.75) is 25.2 Å². The maximum atomic E-state index is 11.7. The average molecular weight is 275 g/mol. The normalized spacial score (nSPS) is 17.9. The van der Waals surface area contributed by atoms with Crippen molar-refractivity contribution in [2.24, 2.45) is 0 Å². The van der Waals surface area contributed by atoms with Gasteiger partial charge in [-0.3, -0.25) is 4.79 Å². The van der Waals surface area contributed by atoms with Crippen molar-refractivity contribution in [3.63, 3.8) is 0 Å². The molecule has 0 unspecified atom stereocenters. The molecule has 1 aromatic heterocycles. The van der Waals surface area contributed by atoms with Crippen LogP contribution in [0, 0.1) is 0 Å². The first kappa shape index (κ1) is 10.2. The summed E-state index contributed by atoms with van der Waals surface area (Å²) in [4.78, 5) is 12.8. The fourth-order valence-electron chi connectivity index (χ4n) is 1.51. The van der Waals surface area contributed by atoms with Gasteiger partial charge in [-0.05, 0) is 41.8 Å². The molecule has 2 nitrogen and oxygen atoms in total. The zero-order valence-electron chi connectivity index (χ0n) is 7.88. The van der Waals surface area contributed by atoms with Gasteiger partial charge in [-0.15, -0.1) is 11.3 Å². The Morgan fingerprint density at radius 2 is 2.43 bits per heavy atom. The van der Waals surface area contributed by atoms with Gasteiger partial charge in [-0.2, -0.15) is 0 Å². The van der Waals surface area contributed by atoms with Gasteiger partial charge >= 0.3 is 5.97 Å². The van der Waals surface area contributed by atoms with Gasteiger partial charge in [0.05, 0.1) is 6.61 Å². The molecule has 1 saturated carbocycles. The molecule has 1 aliphatic carbocycles. The van der Waals surface area contributed by atoms with E-state index in [0.29, 0.717) is 6.61 Å². The zero-order valence-corrected chi connectivity index (χ0v) is 10.3. The summed E-state index contributed by atoms with van der Waals surface area (Å²) in [5, 5.41) is 2.01. The molecule has 1 heterocycles. The van der Waals surface area contributed by atoms with Gasteiger partial charge in [0.15, 0.2) is 0 Å². The number of esters is 1. The first-order valence-electron chi connectivity index (χ1n) is 4.61. The zero-order chi connectivity index (χ0) is 10.2. The SMILES string of the molecule is CCOC(=O)C1(c2cc(Br)cs2)CC1. The van der Waals surface area contributed by atoms with E-state index in [1.54, 1.807) is 11.3 Å². The Bertz CT molecular complexity index is 355. The second kappa shape index (κ2) is 3.66. The molecule has 1 aromatic rings. The average Bonchev–Trinajstić information content (AvgIpc) is 2.85. The lowest BCUT2D eigenvalue weighted by Gasteiger charge is -2.10. The van der Waals surface area contributed by atoms with Crippen LogP contribution in [0.15, 0.2) is 15.9 Å². The van der Waals surface area contributed by atoms with E-state index in [1.807, 2.05) is 18.4 Å². The largest absolute Gasteiger partial charge is 0.465 e. The number of carbonyl (C=O) groups is 1. The summed E-state index contributed by atoms with van der Waals surface area (Å²) in [6, 6.07) is 2.02. The molecule has 14 heavy (non-hydrogen) atoms. The highest BCUT2D eigenvalue weighted by molar-refractivity contribution is 9.10. The van der Waals surface area contributed by atoms with Crippen LogP contribution in [0.3, 0.4) is 0 Å². The minimum Gasteiger partial charge on any atom is -0.465 e. The lowest BCUT2D eigenvalue weighted by atomic mass is 10.1. The highest BCUT2D eigenvalue weighted by atomic mass is 79.9. The van der Waals surface area contributed by atoms with Crippen LogP contribution in [0.25, 0.3) is 0 Å². The quantitative estimate of drug-likeness (QED) is 0.792. The summed E-state index contributed by atoms with van der Waals surface area (Å²) in [6.45, 7) is 2.31. The lowest BCUT2D eigenvalue weighted by Crippen LogP contribution is -2.21. The van der Waals surface area contributed by atoms with Crippen LogP contribution < -0.4 is 0 Å². The Labute approximate surface area is 95.4 Å². The van der Waals surface area contributed by atoms with E-state index in [-0.39, 0.29) is 11.4 Å². The number of halogens is 1. The van der Waals surface area contributed by atoms with Crippen molar-refractivity contribution in [3.8, 4) is 0 Å². The van der Waals surface area contributed by atoms with Crippen molar-refractivity contribution in [3.05, 3.63) is 20.8 Å². The Morgan fingerprint density at radius 3 is 2.86 bits per heavy atom. The van der Waals surface area contributed by atoms with Crippen molar-refractivity contribution >= 4 is 33.2 Å². The van der Waals surface area contributed by atoms with Gasteiger partial charge in [0.1, 0.15) is 5.41 Å². The van der Waals surface area contributed by atoms with E-state index in [0.717, 1.165) is 22.2 Å². The summed E-state index contributed by atoms with van der Waals surface area (Å²) < 4.78 is 6.13. The summed E-state index contributed by atoms with van der Waals surface area (Å²) in [6.07, 6.45) is 1.86. The standard InChI is InChI=1S/C10H11BrO2S/c1-2-13-9(12)10(3-4-10)8-5-7(11)6-14-8/h5-6H,2-4H2,1H3. The van der Waals surface area contributed by atoms with Crippen molar-refractivity contribution < 1.29 is 9.53 Å². The van der Waals surface area contributed by atoms with Gasteiger partial charge in [0.25, 0.3) is 0 Å². The Morgan fingerprint density at radius 1 is 1.71 bits per heavy atom. The molecule has 76 valence electrons. The molecule has 0 aromatic carbocycles. The van der Waals surface area contributed by atoms with Crippen LogP contribution in [-0.2, 0) is 14.9 Å². The van der Waals surface area contributed by atoms with Crippen LogP contribution in [-0.4, -0.2) is 12.6 Å². The molecule has 2 rings (SSSR count). The van der Waals surface area contributed by atoms with Crippen LogP contribution in [0.2, 0.25) is 0 Å². The summed E-state index contributed by atoms with van der Waals surface area (Å²) >= 11 is 5.02. The molecular formula is C10H11BrO2S. The van der Waals surface area contributed by atoms with Gasteiger partial charge in [-0.25, -0.2) is 0 Å². The van der Waals surface area contributed by atoms with E-state index in [2.05, 4.69) is 15.9 Å². The van der Waals surface area contributed by atoms with E-state index < -0.39 is 0 Å². The maximum absolute atomic E-state index is 11.7. The topological polar surface area (TPSA) is 26.3 Å². The number of rotatable bonds is 3. The fraction of sp³-hybridized carbons (Fsp3) is 0.500. The lowest BCUT2D eigenvalue weighted by molar-refractivity contribution is -0.146. The van der Waals surface area contributed by atoms with E-state index in [1.165, 1.54) is 0 Å². The third-order valence-electron chi connectivity index (χ3n) is 2.46. The minimum atomic E-state index is -0.299. The van der Waals surface area contributed by atoms with Crippen molar-refractivity contribution in [1.29, 1.82) is 0 Å². The summed E-state index contributed by atoms with van der Waals surface area (Å²) in [5.41, 5.74) is -0.299. The van der Waals surface area contributed by atoms with Gasteiger partial charge < -0.3 is 4.74 Å². The summed E-state index contributed by atoms with van der Waals surface area (Å²) in [7, 11) is 0. The molecule has 1 fully saturated rings. The first-order chi connectivity index (χ1) is 6.69. The predicted octanol–water partition coefficient (Wildman–Crippen LogP) is 3.11. The number of hydrogen-bond donors (Lipinski definition) is 0. The van der Waals surface area contributed by atoms with Gasteiger partial charge in [0.2, 0.25) is 0 Å². The molecule has 0 aliphatic heterocycles. The molecule has 0 spiro atoms. The Hall–Kier alpha value is -0.350. The first-order valence-corrected chi connectivity index (χ1v) is 6.28. The molecule has 0 amide bonds. The molecule has 0 N–H and O–H groups in total. The number of carbonyl (C=O) groups excluding carboxylic acids is 1. The molecule has 1 aliphatic rings. The Kier molecular flexibility index (Phi) is 2.66. The molecule has 0 atom stereocenters. The minimum absolute atomic E-state index is 0.0608. The molecule has 0 bridgehead atoms. The van der Waals surface area contributed by atoms with Gasteiger partial charge in [-0.1, -0.05) is 0 Å². The van der Waals surface area contributed by atoms with E-state index in [9.17, 15) is 4.79 Å². The highest BCUT2D eigenvalue weighted by Gasteiger charge is 2.53. The van der Waals surface area contributed by atoms with Crippen molar-refractivity contribution in [1.82, 2.24) is 0 Å². The molecule has 0 saturated heterocycles. The van der Waals surface area contributed by atoms with Crippen molar-refractivity contribution in [2.75, 3.05) is 6.61 Å². The van der Waals surface area contributed by atoms with E-state index in [4.69, 9.17) is 4.74 Å². The van der Waals surface area contributed by atoms with Crippen LogP contribution in [0.4, 0.5) is 0 Å². The molecule has 4 heteroatoms. The third-order valence-corrected chi connectivity index (χ3v) is 4.35. The Balaban J connectivity index is 2.21. The predicted molar refractivity (Wildman–Crippen MR) is 59.6 cm³/mol. The second-order valence-corrected chi connectivity index (χ2v) is 5.26. The number of ether oxygens (including phenoxy) is 1. The number of hydrogen-bond acceptors (Lipinski definition) is 3. The van der Waals surface area contributed by atoms with Crippen LogP contribution in [0.1, 0.15) is 24.6 Å². The monoisotopic (exact) mass is 274 g/mol. The second-order valence-electron chi connectivity index (χ2n) is 3.43. The van der Waals surface area contributed by atoms with E-state index >= 15 is 0 Å². The smallest absolute Gasteiger partial charge is 0.317 e. The van der Waals surface area contributed by atoms with Gasteiger partial charge in [0, 0.05) is 14.7 Å². The van der Waals surface area contributed by atoms with Crippen LogP contribution >= 0.6 is 27.3 Å². The molecular weight excluding hydrogens is 264 g/mol. The highest BCUT2D eigenvalue weighted by Crippen LogP contribution is 2.51. The molecule has 0 radical (unpaired) electrons. The third kappa shape index (κ3) is 1.61. The summed E-state index contributed by atoms with van der Waals surface area (Å²) in [5.74, 6) is -0.0608. The number of thiophene rings is 1. The van der Waals surface area contributed by atoms with Crippen LogP contribution in [0.5, 0.6) is 0 Å². The fourth-order valence-corrected chi connectivity index (χ4v) is 3.19.